The third-order valence-electron chi connectivity index (χ3n) is 4.73. The Morgan fingerprint density at radius 2 is 1.83 bits per heavy atom. The lowest BCUT2D eigenvalue weighted by Gasteiger charge is -2.09. The molecular formula is C24H22N2O3S. The van der Waals surface area contributed by atoms with Gasteiger partial charge in [-0.2, -0.15) is 0 Å². The van der Waals surface area contributed by atoms with Gasteiger partial charge >= 0.3 is 0 Å². The van der Waals surface area contributed by atoms with Crippen molar-refractivity contribution in [1.82, 2.24) is 5.32 Å². The number of amides is 1. The van der Waals surface area contributed by atoms with Gasteiger partial charge < -0.3 is 14.9 Å². The summed E-state index contributed by atoms with van der Waals surface area (Å²) < 4.78 is 4.93. The summed E-state index contributed by atoms with van der Waals surface area (Å²) in [5.41, 5.74) is 4.73. The molecule has 0 aromatic heterocycles. The van der Waals surface area contributed by atoms with Crippen molar-refractivity contribution in [3.05, 3.63) is 95.1 Å². The molecule has 3 aromatic rings. The van der Waals surface area contributed by atoms with Gasteiger partial charge in [-0.25, -0.2) is 0 Å². The summed E-state index contributed by atoms with van der Waals surface area (Å²) in [6.07, 6.45) is 0.633. The number of hydrogen-bond acceptors (Lipinski definition) is 5. The third-order valence-corrected chi connectivity index (χ3v) is 5.91. The van der Waals surface area contributed by atoms with Gasteiger partial charge in [-0.3, -0.25) is 4.79 Å². The fourth-order valence-corrected chi connectivity index (χ4v) is 4.34. The van der Waals surface area contributed by atoms with Crippen LogP contribution < -0.4 is 5.32 Å². The van der Waals surface area contributed by atoms with Crippen molar-refractivity contribution >= 4 is 23.4 Å². The minimum absolute atomic E-state index is 0.155. The van der Waals surface area contributed by atoms with Crippen molar-refractivity contribution in [1.29, 1.82) is 0 Å². The number of ether oxygens (including phenoxy) is 1. The Kier molecular flexibility index (Phi) is 6.47. The van der Waals surface area contributed by atoms with Crippen LogP contribution in [-0.2, 0) is 22.6 Å². The number of nitrogens with zero attached hydrogens (tertiary/aromatic N) is 1. The molecule has 0 saturated heterocycles. The number of methoxy groups -OCH3 is 1. The van der Waals surface area contributed by atoms with Gasteiger partial charge in [0, 0.05) is 34.4 Å². The van der Waals surface area contributed by atoms with E-state index in [-0.39, 0.29) is 12.6 Å². The summed E-state index contributed by atoms with van der Waals surface area (Å²) in [5, 5.41) is 7.21. The molecule has 0 aliphatic carbocycles. The predicted molar refractivity (Wildman–Crippen MR) is 118 cm³/mol. The van der Waals surface area contributed by atoms with Crippen molar-refractivity contribution in [2.45, 2.75) is 22.8 Å². The molecule has 1 heterocycles. The molecule has 4 rings (SSSR count). The van der Waals surface area contributed by atoms with Crippen molar-refractivity contribution in [3.8, 4) is 0 Å². The Bertz CT molecular complexity index is 1070. The number of oxime groups is 1. The van der Waals surface area contributed by atoms with E-state index < -0.39 is 0 Å². The number of fused-ring (bicyclic) bond motifs is 2. The number of nitrogens with one attached hydrogen (secondary N) is 1. The smallest absolute Gasteiger partial charge is 0.253 e. The quantitative estimate of drug-likeness (QED) is 0.468. The molecule has 6 heteroatoms. The Hall–Kier alpha value is -3.09. The summed E-state index contributed by atoms with van der Waals surface area (Å²) >= 11 is 1.64. The average Bonchev–Trinajstić information content (AvgIpc) is 2.94. The van der Waals surface area contributed by atoms with E-state index in [0.717, 1.165) is 32.2 Å². The lowest BCUT2D eigenvalue weighted by Crippen LogP contribution is -2.25. The molecule has 1 aliphatic heterocycles. The van der Waals surface area contributed by atoms with E-state index in [9.17, 15) is 4.79 Å². The van der Waals surface area contributed by atoms with Crippen molar-refractivity contribution in [2.24, 2.45) is 5.16 Å². The first-order valence-electron chi connectivity index (χ1n) is 9.64. The zero-order valence-electron chi connectivity index (χ0n) is 16.6. The second kappa shape index (κ2) is 9.61. The summed E-state index contributed by atoms with van der Waals surface area (Å²) in [6.45, 7) is 0.604. The first-order chi connectivity index (χ1) is 14.7. The molecule has 1 N–H and O–H groups in total. The maximum absolute atomic E-state index is 12.3. The normalized spacial score (nSPS) is 13.8. The zero-order chi connectivity index (χ0) is 20.8. The van der Waals surface area contributed by atoms with Gasteiger partial charge in [0.2, 0.25) is 0 Å². The number of hydrogen-bond donors (Lipinski definition) is 1. The van der Waals surface area contributed by atoms with Gasteiger partial charge in [0.25, 0.3) is 5.91 Å². The van der Waals surface area contributed by atoms with Gasteiger partial charge in [0.15, 0.2) is 0 Å². The Morgan fingerprint density at radius 1 is 1.03 bits per heavy atom. The van der Waals surface area contributed by atoms with Crippen LogP contribution in [0.2, 0.25) is 0 Å². The lowest BCUT2D eigenvalue weighted by atomic mass is 10.0. The first-order valence-corrected chi connectivity index (χ1v) is 10.5. The molecule has 0 bridgehead atoms. The third kappa shape index (κ3) is 4.72. The molecule has 0 radical (unpaired) electrons. The van der Waals surface area contributed by atoms with E-state index >= 15 is 0 Å². The van der Waals surface area contributed by atoms with E-state index in [1.54, 1.807) is 18.9 Å². The maximum Gasteiger partial charge on any atom is 0.253 e. The van der Waals surface area contributed by atoms with E-state index in [4.69, 9.17) is 9.57 Å². The Morgan fingerprint density at radius 3 is 2.67 bits per heavy atom. The molecule has 1 amide bonds. The second-order valence-electron chi connectivity index (χ2n) is 6.83. The van der Waals surface area contributed by atoms with Gasteiger partial charge in [0.1, 0.15) is 13.3 Å². The van der Waals surface area contributed by atoms with Crippen molar-refractivity contribution in [3.63, 3.8) is 0 Å². The molecular weight excluding hydrogens is 396 g/mol. The van der Waals surface area contributed by atoms with Crippen LogP contribution in [0.15, 0.2) is 87.7 Å². The fourth-order valence-electron chi connectivity index (χ4n) is 3.21. The minimum atomic E-state index is -0.155. The number of carbonyl (C=O) groups excluding carboxylic acids is 1. The molecule has 1 aliphatic rings. The zero-order valence-corrected chi connectivity index (χ0v) is 17.4. The highest BCUT2D eigenvalue weighted by molar-refractivity contribution is 7.99. The van der Waals surface area contributed by atoms with Crippen LogP contribution in [0.25, 0.3) is 0 Å². The van der Waals surface area contributed by atoms with Gasteiger partial charge in [-0.1, -0.05) is 71.5 Å². The van der Waals surface area contributed by atoms with E-state index in [2.05, 4.69) is 22.6 Å². The first kappa shape index (κ1) is 20.2. The minimum Gasteiger partial charge on any atom is -0.391 e. The largest absolute Gasteiger partial charge is 0.391 e. The number of carbonyl (C=O) groups is 1. The summed E-state index contributed by atoms with van der Waals surface area (Å²) in [4.78, 5) is 20.1. The van der Waals surface area contributed by atoms with Gasteiger partial charge in [0.05, 0.1) is 5.71 Å². The SMILES string of the molecule is COCNC(=O)c1ccc2c(c1)Sc1ccccc1C(=NOCc1ccccc1)C2. The number of rotatable bonds is 6. The van der Waals surface area contributed by atoms with Crippen molar-refractivity contribution in [2.75, 3.05) is 13.8 Å². The summed E-state index contributed by atoms with van der Waals surface area (Å²) in [7, 11) is 1.55. The molecule has 0 spiro atoms. The van der Waals surface area contributed by atoms with E-state index in [1.807, 2.05) is 60.7 Å². The monoisotopic (exact) mass is 418 g/mol. The Labute approximate surface area is 180 Å². The van der Waals surface area contributed by atoms with Crippen LogP contribution in [0.1, 0.15) is 27.0 Å². The predicted octanol–water partition coefficient (Wildman–Crippen LogP) is 4.65. The number of benzene rings is 3. The van der Waals surface area contributed by atoms with Gasteiger partial charge in [-0.05, 0) is 29.3 Å². The topological polar surface area (TPSA) is 59.9 Å². The van der Waals surface area contributed by atoms with Crippen LogP contribution in [0.3, 0.4) is 0 Å². The molecule has 0 atom stereocenters. The van der Waals surface area contributed by atoms with E-state index in [1.165, 1.54) is 0 Å². The highest BCUT2D eigenvalue weighted by Crippen LogP contribution is 2.37. The second-order valence-corrected chi connectivity index (χ2v) is 7.92. The summed E-state index contributed by atoms with van der Waals surface area (Å²) in [5.74, 6) is -0.155. The summed E-state index contributed by atoms with van der Waals surface area (Å²) in [6, 6.07) is 23.9. The fraction of sp³-hybridized carbons (Fsp3) is 0.167. The molecule has 3 aromatic carbocycles. The highest BCUT2D eigenvalue weighted by atomic mass is 32.2. The molecule has 0 unspecified atom stereocenters. The van der Waals surface area contributed by atoms with Crippen LogP contribution >= 0.6 is 11.8 Å². The molecule has 30 heavy (non-hydrogen) atoms. The van der Waals surface area contributed by atoms with Crippen LogP contribution in [0.5, 0.6) is 0 Å². The highest BCUT2D eigenvalue weighted by Gasteiger charge is 2.20. The van der Waals surface area contributed by atoms with E-state index in [0.29, 0.717) is 18.6 Å². The molecule has 0 fully saturated rings. The molecule has 0 saturated carbocycles. The Balaban J connectivity index is 1.61. The van der Waals surface area contributed by atoms with Crippen LogP contribution in [-0.4, -0.2) is 25.5 Å². The van der Waals surface area contributed by atoms with Crippen LogP contribution in [0, 0.1) is 0 Å². The molecule has 5 nitrogen and oxygen atoms in total. The maximum atomic E-state index is 12.3. The standard InChI is InChI=1S/C24H22N2O3S/c1-28-16-25-24(27)19-12-11-18-13-21(26-29-15-17-7-3-2-4-8-17)20-9-5-6-10-22(20)30-23(18)14-19/h2-12,14H,13,15-16H2,1H3,(H,25,27). The molecule has 152 valence electrons. The van der Waals surface area contributed by atoms with Crippen molar-refractivity contribution < 1.29 is 14.4 Å². The lowest BCUT2D eigenvalue weighted by molar-refractivity contribution is 0.0872. The van der Waals surface area contributed by atoms with Crippen LogP contribution in [0.4, 0.5) is 0 Å². The van der Waals surface area contributed by atoms with Gasteiger partial charge in [-0.15, -0.1) is 0 Å². The average molecular weight is 419 g/mol.